The van der Waals surface area contributed by atoms with E-state index in [2.05, 4.69) is 6.58 Å². The van der Waals surface area contributed by atoms with Gasteiger partial charge in [0, 0.05) is 5.56 Å². The third kappa shape index (κ3) is 1.95. The summed E-state index contributed by atoms with van der Waals surface area (Å²) in [6.45, 7) is 5.55. The van der Waals surface area contributed by atoms with Crippen LogP contribution in [-0.2, 0) is 0 Å². The Morgan fingerprint density at radius 3 is 2.38 bits per heavy atom. The Hall–Kier alpha value is -1.61. The molecule has 1 aromatic carbocycles. The maximum atomic E-state index is 11.1. The molecule has 1 aromatic rings. The lowest BCUT2D eigenvalue weighted by atomic mass is 10.0. The summed E-state index contributed by atoms with van der Waals surface area (Å²) >= 11 is 0. The SMILES string of the molecule is C=C(C)c1ccccc1C(=O)NO. The van der Waals surface area contributed by atoms with Crippen LogP contribution in [0.2, 0.25) is 0 Å². The summed E-state index contributed by atoms with van der Waals surface area (Å²) in [5.74, 6) is -0.515. The molecule has 0 aliphatic heterocycles. The van der Waals surface area contributed by atoms with E-state index in [-0.39, 0.29) is 0 Å². The Bertz CT molecular complexity index is 345. The average molecular weight is 177 g/mol. The van der Waals surface area contributed by atoms with Gasteiger partial charge in [-0.3, -0.25) is 10.0 Å². The van der Waals surface area contributed by atoms with Crippen molar-refractivity contribution in [3.8, 4) is 0 Å². The van der Waals surface area contributed by atoms with Gasteiger partial charge < -0.3 is 0 Å². The monoisotopic (exact) mass is 177 g/mol. The lowest BCUT2D eigenvalue weighted by Gasteiger charge is -2.06. The van der Waals surface area contributed by atoms with Gasteiger partial charge in [0.25, 0.3) is 5.91 Å². The first-order valence-corrected chi connectivity index (χ1v) is 3.86. The van der Waals surface area contributed by atoms with Crippen molar-refractivity contribution in [3.63, 3.8) is 0 Å². The standard InChI is InChI=1S/C10H11NO2/c1-7(2)8-5-3-4-6-9(8)10(12)11-13/h3-6,13H,1H2,2H3,(H,11,12). The molecule has 0 aromatic heterocycles. The number of hydroxylamine groups is 1. The summed E-state index contributed by atoms with van der Waals surface area (Å²) in [5, 5.41) is 8.47. The second kappa shape index (κ2) is 3.87. The third-order valence-electron chi connectivity index (χ3n) is 1.73. The van der Waals surface area contributed by atoms with E-state index in [0.717, 1.165) is 11.1 Å². The number of carbonyl (C=O) groups excluding carboxylic acids is 1. The van der Waals surface area contributed by atoms with Crippen molar-refractivity contribution in [3.05, 3.63) is 42.0 Å². The van der Waals surface area contributed by atoms with Crippen LogP contribution in [0.25, 0.3) is 5.57 Å². The number of benzene rings is 1. The van der Waals surface area contributed by atoms with E-state index < -0.39 is 5.91 Å². The molecule has 0 aliphatic rings. The Labute approximate surface area is 76.7 Å². The highest BCUT2D eigenvalue weighted by Gasteiger charge is 2.09. The lowest BCUT2D eigenvalue weighted by Crippen LogP contribution is -2.19. The molecule has 2 N–H and O–H groups in total. The molecule has 1 rings (SSSR count). The van der Waals surface area contributed by atoms with Crippen LogP contribution in [0.15, 0.2) is 30.8 Å². The van der Waals surface area contributed by atoms with E-state index >= 15 is 0 Å². The number of hydrogen-bond donors (Lipinski definition) is 2. The number of allylic oxidation sites excluding steroid dienone is 1. The van der Waals surface area contributed by atoms with Crippen molar-refractivity contribution in [2.45, 2.75) is 6.92 Å². The second-order valence-electron chi connectivity index (χ2n) is 2.77. The first-order chi connectivity index (χ1) is 6.16. The second-order valence-corrected chi connectivity index (χ2v) is 2.77. The minimum Gasteiger partial charge on any atom is -0.288 e. The molecular formula is C10H11NO2. The highest BCUT2D eigenvalue weighted by Crippen LogP contribution is 2.16. The summed E-state index contributed by atoms with van der Waals surface area (Å²) in [6.07, 6.45) is 0. The van der Waals surface area contributed by atoms with Gasteiger partial charge in [0.15, 0.2) is 0 Å². The normalized spacial score (nSPS) is 9.38. The van der Waals surface area contributed by atoms with Crippen molar-refractivity contribution >= 4 is 11.5 Å². The summed E-state index contributed by atoms with van der Waals surface area (Å²) in [6, 6.07) is 6.97. The van der Waals surface area contributed by atoms with Crippen molar-refractivity contribution in [1.29, 1.82) is 0 Å². The number of nitrogens with one attached hydrogen (secondary N) is 1. The van der Waals surface area contributed by atoms with Crippen LogP contribution in [0.4, 0.5) is 0 Å². The van der Waals surface area contributed by atoms with Gasteiger partial charge in [-0.05, 0) is 18.6 Å². The van der Waals surface area contributed by atoms with E-state index in [0.29, 0.717) is 5.56 Å². The zero-order valence-corrected chi connectivity index (χ0v) is 7.37. The van der Waals surface area contributed by atoms with Crippen LogP contribution in [0.3, 0.4) is 0 Å². The molecule has 3 heteroatoms. The fourth-order valence-electron chi connectivity index (χ4n) is 1.11. The molecule has 13 heavy (non-hydrogen) atoms. The van der Waals surface area contributed by atoms with Crippen LogP contribution in [0.5, 0.6) is 0 Å². The first kappa shape index (κ1) is 9.48. The molecule has 0 saturated carbocycles. The van der Waals surface area contributed by atoms with Gasteiger partial charge in [-0.2, -0.15) is 0 Å². The van der Waals surface area contributed by atoms with Gasteiger partial charge in [0.05, 0.1) is 0 Å². The van der Waals surface area contributed by atoms with E-state index in [1.165, 1.54) is 0 Å². The van der Waals surface area contributed by atoms with E-state index in [9.17, 15) is 4.79 Å². The average Bonchev–Trinajstić information content (AvgIpc) is 2.16. The number of hydrogen-bond acceptors (Lipinski definition) is 2. The Morgan fingerprint density at radius 2 is 1.92 bits per heavy atom. The van der Waals surface area contributed by atoms with Crippen molar-refractivity contribution in [2.75, 3.05) is 0 Å². The van der Waals surface area contributed by atoms with Gasteiger partial charge >= 0.3 is 0 Å². The van der Waals surface area contributed by atoms with Crippen LogP contribution in [0.1, 0.15) is 22.8 Å². The van der Waals surface area contributed by atoms with Crippen LogP contribution < -0.4 is 5.48 Å². The smallest absolute Gasteiger partial charge is 0.275 e. The summed E-state index contributed by atoms with van der Waals surface area (Å²) in [5.41, 5.74) is 3.56. The predicted octanol–water partition coefficient (Wildman–Crippen LogP) is 1.84. The molecule has 0 atom stereocenters. The molecule has 0 spiro atoms. The van der Waals surface area contributed by atoms with Crippen LogP contribution in [0, 0.1) is 0 Å². The van der Waals surface area contributed by atoms with E-state index in [4.69, 9.17) is 5.21 Å². The van der Waals surface area contributed by atoms with Gasteiger partial charge in [0.1, 0.15) is 0 Å². The highest BCUT2D eigenvalue weighted by atomic mass is 16.5. The van der Waals surface area contributed by atoms with Crippen molar-refractivity contribution in [1.82, 2.24) is 5.48 Å². The van der Waals surface area contributed by atoms with Crippen LogP contribution in [-0.4, -0.2) is 11.1 Å². The number of carbonyl (C=O) groups is 1. The largest absolute Gasteiger partial charge is 0.288 e. The first-order valence-electron chi connectivity index (χ1n) is 3.86. The third-order valence-corrected chi connectivity index (χ3v) is 1.73. The molecule has 0 aliphatic carbocycles. The van der Waals surface area contributed by atoms with Gasteiger partial charge in [0.2, 0.25) is 0 Å². The Kier molecular flexibility index (Phi) is 2.82. The van der Waals surface area contributed by atoms with E-state index in [1.54, 1.807) is 23.7 Å². The van der Waals surface area contributed by atoms with Crippen molar-refractivity contribution in [2.24, 2.45) is 0 Å². The maximum absolute atomic E-state index is 11.1. The molecule has 1 amide bonds. The topological polar surface area (TPSA) is 49.3 Å². The molecule has 3 nitrogen and oxygen atoms in total. The Balaban J connectivity index is 3.19. The predicted molar refractivity (Wildman–Crippen MR) is 50.4 cm³/mol. The van der Waals surface area contributed by atoms with Gasteiger partial charge in [-0.15, -0.1) is 0 Å². The molecule has 0 bridgehead atoms. The minimum absolute atomic E-state index is 0.428. The molecule has 68 valence electrons. The quantitative estimate of drug-likeness (QED) is 0.535. The molecule has 0 saturated heterocycles. The molecule has 0 radical (unpaired) electrons. The lowest BCUT2D eigenvalue weighted by molar-refractivity contribution is 0.0706. The fraction of sp³-hybridized carbons (Fsp3) is 0.100. The highest BCUT2D eigenvalue weighted by molar-refractivity contribution is 5.98. The molecular weight excluding hydrogens is 166 g/mol. The minimum atomic E-state index is -0.515. The maximum Gasteiger partial charge on any atom is 0.275 e. The Morgan fingerprint density at radius 1 is 1.38 bits per heavy atom. The zero-order valence-electron chi connectivity index (χ0n) is 7.37. The fourth-order valence-corrected chi connectivity index (χ4v) is 1.11. The van der Waals surface area contributed by atoms with Crippen LogP contribution >= 0.6 is 0 Å². The molecule has 0 fully saturated rings. The van der Waals surface area contributed by atoms with Gasteiger partial charge in [-0.25, -0.2) is 5.48 Å². The van der Waals surface area contributed by atoms with E-state index in [1.807, 2.05) is 13.0 Å². The number of rotatable bonds is 2. The number of amides is 1. The van der Waals surface area contributed by atoms with Gasteiger partial charge in [-0.1, -0.05) is 30.4 Å². The summed E-state index contributed by atoms with van der Waals surface area (Å²) in [7, 11) is 0. The zero-order chi connectivity index (χ0) is 9.84. The summed E-state index contributed by atoms with van der Waals surface area (Å²) in [4.78, 5) is 11.1. The molecule has 0 unspecified atom stereocenters. The molecule has 0 heterocycles. The van der Waals surface area contributed by atoms with Crippen molar-refractivity contribution < 1.29 is 10.0 Å². The summed E-state index contributed by atoms with van der Waals surface area (Å²) < 4.78 is 0.